The summed E-state index contributed by atoms with van der Waals surface area (Å²) in [5, 5.41) is 10.6. The molecule has 0 N–H and O–H groups in total. The van der Waals surface area contributed by atoms with Gasteiger partial charge in [0.05, 0.1) is 11.6 Å². The molecule has 1 unspecified atom stereocenters. The maximum absolute atomic E-state index is 10.6. The van der Waals surface area contributed by atoms with E-state index in [0.29, 0.717) is 40.5 Å². The van der Waals surface area contributed by atoms with Gasteiger partial charge in [0.1, 0.15) is 0 Å². The van der Waals surface area contributed by atoms with Crippen molar-refractivity contribution >= 4 is 0 Å². The molecule has 0 amide bonds. The highest BCUT2D eigenvalue weighted by Crippen LogP contribution is 2.54. The first kappa shape index (κ1) is 64.6. The number of aromatic nitrogens is 6. The number of fused-ring (bicyclic) bond motifs is 5. The fourth-order valence-electron chi connectivity index (χ4n) is 16.5. The summed E-state index contributed by atoms with van der Waals surface area (Å²) in [5.74, 6) is 3.61. The van der Waals surface area contributed by atoms with Crippen molar-refractivity contribution in [3.05, 3.63) is 298 Å². The zero-order chi connectivity index (χ0) is 69.7. The van der Waals surface area contributed by atoms with Gasteiger partial charge in [0.15, 0.2) is 34.9 Å². The first-order chi connectivity index (χ1) is 48.6. The van der Waals surface area contributed by atoms with Crippen molar-refractivity contribution in [3.63, 3.8) is 0 Å². The lowest BCUT2D eigenvalue weighted by Gasteiger charge is -2.44. The number of hydrogen-bond acceptors (Lipinski definition) is 7. The molecule has 101 heavy (non-hydrogen) atoms. The molecule has 7 nitrogen and oxygen atoms in total. The van der Waals surface area contributed by atoms with Crippen LogP contribution in [0.5, 0.6) is 0 Å². The maximum atomic E-state index is 10.6. The van der Waals surface area contributed by atoms with Crippen molar-refractivity contribution in [2.75, 3.05) is 0 Å². The van der Waals surface area contributed by atoms with Gasteiger partial charge in [0, 0.05) is 38.8 Å². The molecule has 0 aliphatic heterocycles. The van der Waals surface area contributed by atoms with Gasteiger partial charge in [-0.15, -0.1) is 0 Å². The molecule has 1 atom stereocenters. The fourth-order valence-corrected chi connectivity index (χ4v) is 16.5. The Balaban J connectivity index is 0.678. The van der Waals surface area contributed by atoms with Gasteiger partial charge in [0.2, 0.25) is 0 Å². The van der Waals surface area contributed by atoms with Crippen LogP contribution in [0.1, 0.15) is 144 Å². The highest BCUT2D eigenvalue weighted by molar-refractivity contribution is 5.92. The lowest BCUT2D eigenvalue weighted by molar-refractivity contribution is 0.310. The Morgan fingerprint density at radius 2 is 0.673 bits per heavy atom. The van der Waals surface area contributed by atoms with E-state index in [1.165, 1.54) is 72.3 Å². The molecule has 3 aliphatic rings. The Hall–Kier alpha value is -11.1. The molecule has 13 aromatic rings. The molecule has 0 saturated carbocycles. The third-order valence-corrected chi connectivity index (χ3v) is 22.8. The zero-order valence-electron chi connectivity index (χ0n) is 59.8. The van der Waals surface area contributed by atoms with E-state index in [0.717, 1.165) is 98.9 Å². The lowest BCUT2D eigenvalue weighted by atomic mass is 9.60. The topological polar surface area (TPSA) is 101 Å². The minimum Gasteiger partial charge on any atom is -0.208 e. The third kappa shape index (κ3) is 11.8. The number of benzene rings is 11. The predicted molar refractivity (Wildman–Crippen MR) is 414 cm³/mol. The molecule has 0 fully saturated rings. The third-order valence-electron chi connectivity index (χ3n) is 22.8. The second-order valence-electron chi connectivity index (χ2n) is 31.4. The molecule has 494 valence electrons. The molecular weight excluding hydrogens is 1230 g/mol. The number of rotatable bonds is 12. The highest BCUT2D eigenvalue weighted by Gasteiger charge is 2.42. The van der Waals surface area contributed by atoms with Crippen LogP contribution in [-0.2, 0) is 33.5 Å². The molecule has 16 rings (SSSR count). The zero-order valence-corrected chi connectivity index (χ0v) is 59.8. The number of aryl methyl sites for hydroxylation is 2. The van der Waals surface area contributed by atoms with E-state index in [4.69, 9.17) is 29.9 Å². The molecule has 2 aromatic heterocycles. The first-order valence-corrected chi connectivity index (χ1v) is 35.7. The van der Waals surface area contributed by atoms with Crippen LogP contribution in [0.25, 0.3) is 124 Å². The van der Waals surface area contributed by atoms with Gasteiger partial charge < -0.3 is 0 Å². The monoisotopic (exact) mass is 1310 g/mol. The average Bonchev–Trinajstić information content (AvgIpc) is 1.65. The second kappa shape index (κ2) is 24.7. The molecule has 0 spiro atoms. The Labute approximate surface area is 595 Å². The fraction of sp³-hybridized carbons (Fsp3) is 0.223. The van der Waals surface area contributed by atoms with E-state index in [-0.39, 0.29) is 27.1 Å². The Morgan fingerprint density at radius 3 is 1.22 bits per heavy atom. The summed E-state index contributed by atoms with van der Waals surface area (Å²) >= 11 is 0. The van der Waals surface area contributed by atoms with E-state index in [1.807, 2.05) is 36.4 Å². The van der Waals surface area contributed by atoms with E-state index in [2.05, 4.69) is 288 Å². The van der Waals surface area contributed by atoms with Crippen molar-refractivity contribution in [1.29, 1.82) is 5.26 Å². The second-order valence-corrected chi connectivity index (χ2v) is 31.4. The summed E-state index contributed by atoms with van der Waals surface area (Å²) in [6, 6.07) is 89.4. The van der Waals surface area contributed by atoms with E-state index < -0.39 is 0 Å². The van der Waals surface area contributed by atoms with Gasteiger partial charge in [-0.1, -0.05) is 287 Å². The number of hydrogen-bond donors (Lipinski definition) is 0. The van der Waals surface area contributed by atoms with Crippen LogP contribution in [0.2, 0.25) is 0 Å². The van der Waals surface area contributed by atoms with Gasteiger partial charge in [-0.05, 0) is 192 Å². The lowest BCUT2D eigenvalue weighted by Crippen LogP contribution is -2.37. The van der Waals surface area contributed by atoms with Crippen LogP contribution < -0.4 is 0 Å². The summed E-state index contributed by atoms with van der Waals surface area (Å²) in [4.78, 5) is 31.3. The largest absolute Gasteiger partial charge is 0.208 e. The molecule has 0 radical (unpaired) electrons. The van der Waals surface area contributed by atoms with E-state index in [9.17, 15) is 5.26 Å². The SMILES string of the molecule is Cc1cc2c(cc1-c1cc(C#N)cc(-c3nc(-c4ccc(-c5ccccc5)cc4)nc(-c4ccc(-c5ccc(CC6(C)CCC(C)(C)c7cc(-c8ccc(-c9nc(-c%10ccccc%10)nc(-c%10cccc%11c%10-c%10ccccc%10C%11(C)C)n9)cc8)c(C)cc76)cc5)cc4)n3)c1)C(C)(C)CCC2(C)C. The average molecular weight is 1310 g/mol. The molecule has 0 saturated heterocycles. The van der Waals surface area contributed by atoms with Crippen LogP contribution in [-0.4, -0.2) is 29.9 Å². The van der Waals surface area contributed by atoms with Gasteiger partial charge in [-0.25, -0.2) is 29.9 Å². The molecule has 0 bridgehead atoms. The van der Waals surface area contributed by atoms with Crippen LogP contribution in [0, 0.1) is 25.2 Å². The minimum absolute atomic E-state index is 0.00267. The Kier molecular flexibility index (Phi) is 15.8. The summed E-state index contributed by atoms with van der Waals surface area (Å²) in [7, 11) is 0. The van der Waals surface area contributed by atoms with Crippen molar-refractivity contribution in [2.24, 2.45) is 0 Å². The van der Waals surface area contributed by atoms with E-state index >= 15 is 0 Å². The van der Waals surface area contributed by atoms with E-state index in [1.54, 1.807) is 0 Å². The molecule has 7 heteroatoms. The summed E-state index contributed by atoms with van der Waals surface area (Å²) in [6.45, 7) is 25.9. The number of nitriles is 1. The van der Waals surface area contributed by atoms with Crippen molar-refractivity contribution < 1.29 is 0 Å². The summed E-state index contributed by atoms with van der Waals surface area (Å²) < 4.78 is 0. The van der Waals surface area contributed by atoms with Crippen LogP contribution in [0.3, 0.4) is 0 Å². The Morgan fingerprint density at radius 1 is 0.297 bits per heavy atom. The van der Waals surface area contributed by atoms with Crippen LogP contribution >= 0.6 is 0 Å². The molecular formula is C94H83N7. The van der Waals surface area contributed by atoms with Crippen molar-refractivity contribution in [1.82, 2.24) is 29.9 Å². The standard InChI is InChI=1S/C94H83N7/c1-58-49-79-80(91(5,6)46-45-90(79,3)4)55-76(58)71-51-61(57-95)52-72(53-71)88-98-85(68-39-33-64(34-40-68)62-21-14-12-15-22-62)97-86(99-88)69-41-35-65(36-42-69)63-31-29-60(30-32-63)56-94(11)48-47-92(7,8)81-54-75(59(2)50-82(81)94)66-37-43-70(44-38-66)87-96-84(67-23-16-13-17-24-67)100-89(101-87)74-26-20-28-78-83(74)73-25-18-19-27-77(73)93(78,9)10/h12-44,49-55H,45-48,56H2,1-11H3. The highest BCUT2D eigenvalue weighted by atomic mass is 15.0. The van der Waals surface area contributed by atoms with Crippen molar-refractivity contribution in [3.8, 4) is 130 Å². The van der Waals surface area contributed by atoms with Crippen LogP contribution in [0.4, 0.5) is 0 Å². The molecule has 2 heterocycles. The van der Waals surface area contributed by atoms with Crippen LogP contribution in [0.15, 0.2) is 243 Å². The Bertz CT molecular complexity index is 5450. The predicted octanol–water partition coefficient (Wildman–Crippen LogP) is 23.4. The minimum atomic E-state index is -0.149. The van der Waals surface area contributed by atoms with Crippen molar-refractivity contribution in [2.45, 2.75) is 135 Å². The van der Waals surface area contributed by atoms with Gasteiger partial charge >= 0.3 is 0 Å². The van der Waals surface area contributed by atoms with Gasteiger partial charge in [0.25, 0.3) is 0 Å². The van der Waals surface area contributed by atoms with Gasteiger partial charge in [-0.3, -0.25) is 0 Å². The smallest absolute Gasteiger partial charge is 0.164 e. The summed E-state index contributed by atoms with van der Waals surface area (Å²) in [5.41, 5.74) is 29.4. The quantitative estimate of drug-likeness (QED) is 0.120. The molecule has 11 aromatic carbocycles. The maximum Gasteiger partial charge on any atom is 0.164 e. The normalized spacial score (nSPS) is 16.5. The molecule has 3 aliphatic carbocycles. The summed E-state index contributed by atoms with van der Waals surface area (Å²) in [6.07, 6.45) is 5.37. The number of nitrogens with zero attached hydrogens (tertiary/aromatic N) is 7. The first-order valence-electron chi connectivity index (χ1n) is 35.7. The van der Waals surface area contributed by atoms with Gasteiger partial charge in [-0.2, -0.15) is 5.26 Å².